The van der Waals surface area contributed by atoms with Crippen molar-refractivity contribution in [3.63, 3.8) is 0 Å². The van der Waals surface area contributed by atoms with Crippen LogP contribution in [0.4, 0.5) is 0 Å². The van der Waals surface area contributed by atoms with Gasteiger partial charge < -0.3 is 9.64 Å². The van der Waals surface area contributed by atoms with E-state index in [1.54, 1.807) is 0 Å². The van der Waals surface area contributed by atoms with Crippen LogP contribution in [0.15, 0.2) is 0 Å². The highest BCUT2D eigenvalue weighted by molar-refractivity contribution is 5.80. The number of ether oxygens (including phenoxy) is 1. The predicted molar refractivity (Wildman–Crippen MR) is 66.5 cm³/mol. The summed E-state index contributed by atoms with van der Waals surface area (Å²) >= 11 is 0. The van der Waals surface area contributed by atoms with Crippen LogP contribution in [0.25, 0.3) is 0 Å². The van der Waals surface area contributed by atoms with Gasteiger partial charge in [-0.3, -0.25) is 10.1 Å². The molecule has 0 saturated carbocycles. The average molecular weight is 230 g/mol. The van der Waals surface area contributed by atoms with Crippen molar-refractivity contribution in [3.8, 4) is 0 Å². The van der Waals surface area contributed by atoms with Crippen molar-refractivity contribution >= 4 is 5.97 Å². The molecule has 0 aromatic carbocycles. The summed E-state index contributed by atoms with van der Waals surface area (Å²) in [6.07, 6.45) is 0. The number of hydrogen-bond donors (Lipinski definition) is 1. The standard InChI is InChI=1S/C12H26N2O2/c1-7-14(8-2)9-12(5,11(15)16-6)13-10(3)4/h10,13H,7-9H2,1-6H3. The fourth-order valence-corrected chi connectivity index (χ4v) is 1.93. The molecule has 1 N–H and O–H groups in total. The van der Waals surface area contributed by atoms with Gasteiger partial charge in [0.2, 0.25) is 0 Å². The monoisotopic (exact) mass is 230 g/mol. The van der Waals surface area contributed by atoms with E-state index in [1.165, 1.54) is 7.11 Å². The van der Waals surface area contributed by atoms with Gasteiger partial charge in [0.1, 0.15) is 5.54 Å². The Morgan fingerprint density at radius 2 is 1.88 bits per heavy atom. The van der Waals surface area contributed by atoms with Gasteiger partial charge >= 0.3 is 5.97 Å². The summed E-state index contributed by atoms with van der Waals surface area (Å²) < 4.78 is 4.88. The van der Waals surface area contributed by atoms with Crippen LogP contribution in [0.3, 0.4) is 0 Å². The molecule has 0 aliphatic rings. The van der Waals surface area contributed by atoms with Crippen LogP contribution in [0.2, 0.25) is 0 Å². The number of carbonyl (C=O) groups is 1. The highest BCUT2D eigenvalue weighted by atomic mass is 16.5. The van der Waals surface area contributed by atoms with E-state index in [-0.39, 0.29) is 12.0 Å². The maximum atomic E-state index is 11.8. The smallest absolute Gasteiger partial charge is 0.327 e. The lowest BCUT2D eigenvalue weighted by atomic mass is 10.0. The summed E-state index contributed by atoms with van der Waals surface area (Å²) in [5, 5.41) is 3.29. The maximum Gasteiger partial charge on any atom is 0.327 e. The molecule has 0 saturated heterocycles. The molecule has 4 nitrogen and oxygen atoms in total. The molecule has 96 valence electrons. The van der Waals surface area contributed by atoms with Gasteiger partial charge in [-0.05, 0) is 33.9 Å². The van der Waals surface area contributed by atoms with Gasteiger partial charge in [-0.15, -0.1) is 0 Å². The second-order valence-electron chi connectivity index (χ2n) is 4.58. The third-order valence-electron chi connectivity index (χ3n) is 2.68. The van der Waals surface area contributed by atoms with Crippen molar-refractivity contribution in [2.75, 3.05) is 26.7 Å². The molecule has 0 rings (SSSR count). The van der Waals surface area contributed by atoms with Crippen LogP contribution in [0.5, 0.6) is 0 Å². The molecule has 0 aliphatic carbocycles. The normalized spacial score (nSPS) is 15.2. The number of carbonyl (C=O) groups excluding carboxylic acids is 1. The summed E-state index contributed by atoms with van der Waals surface area (Å²) in [5.41, 5.74) is -0.630. The number of nitrogens with zero attached hydrogens (tertiary/aromatic N) is 1. The van der Waals surface area contributed by atoms with E-state index in [9.17, 15) is 4.79 Å². The SMILES string of the molecule is CCN(CC)CC(C)(NC(C)C)C(=O)OC. The van der Waals surface area contributed by atoms with Crippen molar-refractivity contribution in [3.05, 3.63) is 0 Å². The summed E-state index contributed by atoms with van der Waals surface area (Å²) in [6.45, 7) is 12.7. The molecule has 0 radical (unpaired) electrons. The summed E-state index contributed by atoms with van der Waals surface area (Å²) in [6, 6.07) is 0.250. The molecule has 0 aliphatic heterocycles. The fraction of sp³-hybridized carbons (Fsp3) is 0.917. The Hall–Kier alpha value is -0.610. The van der Waals surface area contributed by atoms with Crippen molar-refractivity contribution in [1.29, 1.82) is 0 Å². The predicted octanol–water partition coefficient (Wildman–Crippen LogP) is 1.26. The van der Waals surface area contributed by atoms with Gasteiger partial charge in [-0.25, -0.2) is 0 Å². The van der Waals surface area contributed by atoms with E-state index in [1.807, 2.05) is 20.8 Å². The highest BCUT2D eigenvalue weighted by Crippen LogP contribution is 2.10. The molecule has 0 amide bonds. The lowest BCUT2D eigenvalue weighted by Crippen LogP contribution is -2.59. The Kier molecular flexibility index (Phi) is 6.60. The number of likely N-dealkylation sites (N-methyl/N-ethyl adjacent to an activating group) is 1. The van der Waals surface area contributed by atoms with E-state index in [4.69, 9.17) is 4.74 Å². The largest absolute Gasteiger partial charge is 0.468 e. The minimum absolute atomic E-state index is 0.201. The van der Waals surface area contributed by atoms with E-state index in [0.717, 1.165) is 13.1 Å². The average Bonchev–Trinajstić information content (AvgIpc) is 2.23. The third kappa shape index (κ3) is 4.49. The van der Waals surface area contributed by atoms with Gasteiger partial charge in [-0.2, -0.15) is 0 Å². The van der Waals surface area contributed by atoms with Gasteiger partial charge in [-0.1, -0.05) is 13.8 Å². The van der Waals surface area contributed by atoms with E-state index >= 15 is 0 Å². The van der Waals surface area contributed by atoms with Crippen LogP contribution in [-0.4, -0.2) is 49.2 Å². The van der Waals surface area contributed by atoms with Crippen molar-refractivity contribution < 1.29 is 9.53 Å². The van der Waals surface area contributed by atoms with E-state index < -0.39 is 5.54 Å². The van der Waals surface area contributed by atoms with Crippen LogP contribution in [0, 0.1) is 0 Å². The van der Waals surface area contributed by atoms with Crippen LogP contribution in [-0.2, 0) is 9.53 Å². The van der Waals surface area contributed by atoms with Gasteiger partial charge in [0, 0.05) is 12.6 Å². The van der Waals surface area contributed by atoms with E-state index in [2.05, 4.69) is 24.1 Å². The van der Waals surface area contributed by atoms with Gasteiger partial charge in [0.15, 0.2) is 0 Å². The van der Waals surface area contributed by atoms with Crippen LogP contribution >= 0.6 is 0 Å². The van der Waals surface area contributed by atoms with Crippen LogP contribution in [0.1, 0.15) is 34.6 Å². The van der Waals surface area contributed by atoms with Crippen molar-refractivity contribution in [2.24, 2.45) is 0 Å². The first-order valence-corrected chi connectivity index (χ1v) is 5.98. The lowest BCUT2D eigenvalue weighted by molar-refractivity contribution is -0.149. The molecule has 16 heavy (non-hydrogen) atoms. The zero-order valence-corrected chi connectivity index (χ0v) is 11.5. The third-order valence-corrected chi connectivity index (χ3v) is 2.68. The second kappa shape index (κ2) is 6.86. The molecule has 0 aromatic rings. The maximum absolute atomic E-state index is 11.8. The minimum atomic E-state index is -0.630. The Labute approximate surface area is 99.3 Å². The molecule has 0 aromatic heterocycles. The number of nitrogens with one attached hydrogen (secondary N) is 1. The lowest BCUT2D eigenvalue weighted by Gasteiger charge is -2.34. The molecular weight excluding hydrogens is 204 g/mol. The molecule has 0 bridgehead atoms. The summed E-state index contributed by atoms with van der Waals surface area (Å²) in [7, 11) is 1.44. The summed E-state index contributed by atoms with van der Waals surface area (Å²) in [4.78, 5) is 14.0. The molecule has 0 heterocycles. The highest BCUT2D eigenvalue weighted by Gasteiger charge is 2.36. The minimum Gasteiger partial charge on any atom is -0.468 e. The zero-order chi connectivity index (χ0) is 12.8. The van der Waals surface area contributed by atoms with E-state index in [0.29, 0.717) is 6.54 Å². The number of methoxy groups -OCH3 is 1. The quantitative estimate of drug-likeness (QED) is 0.669. The first-order valence-electron chi connectivity index (χ1n) is 5.98. The first-order chi connectivity index (χ1) is 7.39. The molecule has 0 fully saturated rings. The summed E-state index contributed by atoms with van der Waals surface area (Å²) in [5.74, 6) is -0.201. The Morgan fingerprint density at radius 3 is 2.19 bits per heavy atom. The second-order valence-corrected chi connectivity index (χ2v) is 4.58. The van der Waals surface area contributed by atoms with Gasteiger partial charge in [0.25, 0.3) is 0 Å². The topological polar surface area (TPSA) is 41.6 Å². The fourth-order valence-electron chi connectivity index (χ4n) is 1.93. The van der Waals surface area contributed by atoms with Crippen LogP contribution < -0.4 is 5.32 Å². The Bertz CT molecular complexity index is 215. The molecule has 4 heteroatoms. The molecule has 1 atom stereocenters. The Balaban J connectivity index is 4.71. The van der Waals surface area contributed by atoms with Crippen molar-refractivity contribution in [2.45, 2.75) is 46.2 Å². The van der Waals surface area contributed by atoms with Crippen molar-refractivity contribution in [1.82, 2.24) is 10.2 Å². The van der Waals surface area contributed by atoms with Gasteiger partial charge in [0.05, 0.1) is 7.11 Å². The molecule has 1 unspecified atom stereocenters. The molecular formula is C12H26N2O2. The number of hydrogen-bond acceptors (Lipinski definition) is 4. The first kappa shape index (κ1) is 15.4. The molecule has 0 spiro atoms. The Morgan fingerprint density at radius 1 is 1.38 bits per heavy atom. The number of esters is 1. The zero-order valence-electron chi connectivity index (χ0n) is 11.5. The number of rotatable bonds is 7.